The summed E-state index contributed by atoms with van der Waals surface area (Å²) in [4.78, 5) is 4.94. The van der Waals surface area contributed by atoms with E-state index in [9.17, 15) is 8.42 Å². The number of nitrogens with zero attached hydrogens (tertiary/aromatic N) is 3. The molecule has 0 fully saturated rings. The Morgan fingerprint density at radius 2 is 2.12 bits per heavy atom. The van der Waals surface area contributed by atoms with E-state index in [2.05, 4.69) is 20.7 Å². The predicted molar refractivity (Wildman–Crippen MR) is 104 cm³/mol. The Hall–Kier alpha value is -2.35. The Morgan fingerprint density at radius 1 is 1.31 bits per heavy atom. The van der Waals surface area contributed by atoms with Crippen LogP contribution in [0.25, 0.3) is 0 Å². The molecule has 0 bridgehead atoms. The van der Waals surface area contributed by atoms with E-state index in [0.717, 1.165) is 43.1 Å². The molecule has 0 radical (unpaired) electrons. The summed E-state index contributed by atoms with van der Waals surface area (Å²) >= 11 is 0. The normalized spacial score (nSPS) is 12.2. The number of aliphatic imine (C=N–C) groups is 1. The van der Waals surface area contributed by atoms with Gasteiger partial charge in [-0.15, -0.1) is 0 Å². The van der Waals surface area contributed by atoms with Crippen molar-refractivity contribution in [1.82, 2.24) is 20.4 Å². The maximum atomic E-state index is 11.7. The van der Waals surface area contributed by atoms with Crippen molar-refractivity contribution >= 4 is 15.8 Å². The molecule has 2 rings (SSSR count). The number of aryl methyl sites for hydroxylation is 2. The molecule has 0 amide bonds. The van der Waals surface area contributed by atoms with Crippen molar-refractivity contribution in [3.05, 3.63) is 47.8 Å². The highest BCUT2D eigenvalue weighted by Crippen LogP contribution is 2.17. The zero-order chi connectivity index (χ0) is 19.0. The summed E-state index contributed by atoms with van der Waals surface area (Å²) in [5.41, 5.74) is 1.72. The van der Waals surface area contributed by atoms with Crippen LogP contribution in [-0.4, -0.2) is 43.5 Å². The molecule has 0 atom stereocenters. The van der Waals surface area contributed by atoms with Gasteiger partial charge in [0.1, 0.15) is 0 Å². The number of hydrogen-bond donors (Lipinski definition) is 2. The van der Waals surface area contributed by atoms with Gasteiger partial charge in [0.15, 0.2) is 15.8 Å². The van der Waals surface area contributed by atoms with Crippen LogP contribution in [0, 0.1) is 6.92 Å². The van der Waals surface area contributed by atoms with Gasteiger partial charge in [-0.1, -0.05) is 12.1 Å². The molecule has 0 spiro atoms. The zero-order valence-electron chi connectivity index (χ0n) is 15.6. The number of aromatic nitrogens is 2. The topological polar surface area (TPSA) is 88.4 Å². The van der Waals surface area contributed by atoms with E-state index < -0.39 is 9.84 Å². The highest BCUT2D eigenvalue weighted by molar-refractivity contribution is 7.90. The van der Waals surface area contributed by atoms with Crippen LogP contribution in [0.2, 0.25) is 0 Å². The summed E-state index contributed by atoms with van der Waals surface area (Å²) in [6.07, 6.45) is 5.88. The van der Waals surface area contributed by atoms with Crippen LogP contribution >= 0.6 is 0 Å². The van der Waals surface area contributed by atoms with Gasteiger partial charge in [0, 0.05) is 38.3 Å². The lowest BCUT2D eigenvalue weighted by molar-refractivity contribution is 0.570. The fraction of sp³-hybridized carbons (Fsp3) is 0.444. The lowest BCUT2D eigenvalue weighted by atomic mass is 10.1. The maximum Gasteiger partial charge on any atom is 0.191 e. The third kappa shape index (κ3) is 6.18. The minimum Gasteiger partial charge on any atom is -0.357 e. The number of sulfone groups is 1. The summed E-state index contributed by atoms with van der Waals surface area (Å²) in [7, 11) is -3.19. The first-order valence-electron chi connectivity index (χ1n) is 8.69. The van der Waals surface area contributed by atoms with Crippen molar-refractivity contribution < 1.29 is 8.42 Å². The van der Waals surface area contributed by atoms with Gasteiger partial charge in [-0.3, -0.25) is 4.68 Å². The Kier molecular flexibility index (Phi) is 7.20. The molecule has 1 heterocycles. The van der Waals surface area contributed by atoms with Crippen molar-refractivity contribution in [3.63, 3.8) is 0 Å². The molecule has 142 valence electrons. The molecule has 0 saturated heterocycles. The molecule has 26 heavy (non-hydrogen) atoms. The summed E-state index contributed by atoms with van der Waals surface area (Å²) in [6.45, 7) is 6.73. The molecule has 1 aromatic carbocycles. The van der Waals surface area contributed by atoms with Crippen molar-refractivity contribution in [1.29, 1.82) is 0 Å². The van der Waals surface area contributed by atoms with Crippen LogP contribution in [0.1, 0.15) is 24.5 Å². The van der Waals surface area contributed by atoms with Crippen LogP contribution in [0.15, 0.2) is 46.5 Å². The van der Waals surface area contributed by atoms with Gasteiger partial charge < -0.3 is 10.6 Å². The van der Waals surface area contributed by atoms with Gasteiger partial charge in [0.25, 0.3) is 0 Å². The fourth-order valence-electron chi connectivity index (χ4n) is 2.62. The third-order valence-electron chi connectivity index (χ3n) is 3.82. The van der Waals surface area contributed by atoms with E-state index in [-0.39, 0.29) is 0 Å². The largest absolute Gasteiger partial charge is 0.357 e. The summed E-state index contributed by atoms with van der Waals surface area (Å²) in [5.74, 6) is 0.748. The van der Waals surface area contributed by atoms with Crippen molar-refractivity contribution in [2.24, 2.45) is 4.99 Å². The Labute approximate surface area is 155 Å². The second kappa shape index (κ2) is 9.38. The monoisotopic (exact) mass is 377 g/mol. The number of rotatable bonds is 8. The van der Waals surface area contributed by atoms with Crippen LogP contribution in [0.4, 0.5) is 0 Å². The number of hydrogen-bond acceptors (Lipinski definition) is 4. The van der Waals surface area contributed by atoms with Crippen LogP contribution in [0.3, 0.4) is 0 Å². The van der Waals surface area contributed by atoms with Crippen molar-refractivity contribution in [2.45, 2.75) is 38.3 Å². The van der Waals surface area contributed by atoms with E-state index in [4.69, 9.17) is 0 Å². The lowest BCUT2D eigenvalue weighted by Crippen LogP contribution is -2.38. The van der Waals surface area contributed by atoms with E-state index >= 15 is 0 Å². The molecule has 1 aromatic heterocycles. The SMILES string of the molecule is CCNC(=NCc1ccc(S(C)(=O)=O)c(C)c1)NCCCn1cccn1. The van der Waals surface area contributed by atoms with Gasteiger partial charge in [0.2, 0.25) is 0 Å². The van der Waals surface area contributed by atoms with Crippen LogP contribution in [0.5, 0.6) is 0 Å². The quantitative estimate of drug-likeness (QED) is 0.416. The molecule has 2 aromatic rings. The standard InChI is InChI=1S/C18H27N5O2S/c1-4-19-18(20-9-5-11-23-12-6-10-22-23)21-14-16-7-8-17(15(2)13-16)26(3,24)25/h6-8,10,12-13H,4-5,9,11,14H2,1-3H3,(H2,19,20,21). The Morgan fingerprint density at radius 3 is 2.73 bits per heavy atom. The van der Waals surface area contributed by atoms with Crippen LogP contribution in [-0.2, 0) is 22.9 Å². The second-order valence-corrected chi connectivity index (χ2v) is 8.10. The highest BCUT2D eigenvalue weighted by Gasteiger charge is 2.10. The summed E-state index contributed by atoms with van der Waals surface area (Å²) in [6, 6.07) is 7.26. The molecule has 7 nitrogen and oxygen atoms in total. The van der Waals surface area contributed by atoms with E-state index in [0.29, 0.717) is 11.4 Å². The van der Waals surface area contributed by atoms with Crippen LogP contribution < -0.4 is 10.6 Å². The summed E-state index contributed by atoms with van der Waals surface area (Å²) in [5, 5.41) is 10.7. The molecular formula is C18H27N5O2S. The first kappa shape index (κ1) is 20.0. The van der Waals surface area contributed by atoms with Crippen molar-refractivity contribution in [2.75, 3.05) is 19.3 Å². The number of benzene rings is 1. The van der Waals surface area contributed by atoms with Crippen molar-refractivity contribution in [3.8, 4) is 0 Å². The summed E-state index contributed by atoms with van der Waals surface area (Å²) < 4.78 is 25.3. The van der Waals surface area contributed by atoms with Gasteiger partial charge >= 0.3 is 0 Å². The molecule has 0 aliphatic carbocycles. The fourth-order valence-corrected chi connectivity index (χ4v) is 3.58. The Bertz CT molecular complexity index is 829. The first-order chi connectivity index (χ1) is 12.4. The molecule has 0 saturated carbocycles. The number of guanidine groups is 1. The minimum absolute atomic E-state index is 0.369. The molecule has 8 heteroatoms. The smallest absolute Gasteiger partial charge is 0.191 e. The molecule has 0 aliphatic rings. The van der Waals surface area contributed by atoms with Gasteiger partial charge in [0.05, 0.1) is 11.4 Å². The maximum absolute atomic E-state index is 11.7. The first-order valence-corrected chi connectivity index (χ1v) is 10.6. The molecule has 2 N–H and O–H groups in total. The highest BCUT2D eigenvalue weighted by atomic mass is 32.2. The average Bonchev–Trinajstić information content (AvgIpc) is 3.08. The van der Waals surface area contributed by atoms with E-state index in [1.165, 1.54) is 6.26 Å². The molecule has 0 aliphatic heterocycles. The molecular weight excluding hydrogens is 350 g/mol. The minimum atomic E-state index is -3.19. The Balaban J connectivity index is 1.92. The average molecular weight is 378 g/mol. The van der Waals surface area contributed by atoms with Gasteiger partial charge in [-0.05, 0) is 43.5 Å². The lowest BCUT2D eigenvalue weighted by Gasteiger charge is -2.12. The van der Waals surface area contributed by atoms with Gasteiger partial charge in [-0.25, -0.2) is 13.4 Å². The van der Waals surface area contributed by atoms with E-state index in [1.54, 1.807) is 12.3 Å². The predicted octanol–water partition coefficient (Wildman–Crippen LogP) is 1.74. The van der Waals surface area contributed by atoms with E-state index in [1.807, 2.05) is 42.9 Å². The van der Waals surface area contributed by atoms with Gasteiger partial charge in [-0.2, -0.15) is 5.10 Å². The second-order valence-electron chi connectivity index (χ2n) is 6.12. The third-order valence-corrected chi connectivity index (χ3v) is 5.08. The zero-order valence-corrected chi connectivity index (χ0v) is 16.4. The molecule has 0 unspecified atom stereocenters. The number of nitrogens with one attached hydrogen (secondary N) is 2.